The topological polar surface area (TPSA) is 61.7 Å². The first-order valence-corrected chi connectivity index (χ1v) is 6.35. The number of rotatable bonds is 6. The van der Waals surface area contributed by atoms with Gasteiger partial charge in [0.1, 0.15) is 0 Å². The van der Waals surface area contributed by atoms with Crippen molar-refractivity contribution >= 4 is 11.6 Å². The summed E-state index contributed by atoms with van der Waals surface area (Å²) in [7, 11) is 1.49. The Morgan fingerprint density at radius 3 is 2.72 bits per heavy atom. The molecule has 1 aromatic rings. The average molecular weight is 272 g/mol. The van der Waals surface area contributed by atoms with Gasteiger partial charge in [-0.1, -0.05) is 11.6 Å². The second-order valence-electron chi connectivity index (χ2n) is 4.88. The third-order valence-electron chi connectivity index (χ3n) is 3.45. The van der Waals surface area contributed by atoms with Crippen LogP contribution in [0.1, 0.15) is 18.4 Å². The molecule has 1 aromatic carbocycles. The highest BCUT2D eigenvalue weighted by molar-refractivity contribution is 6.30. The smallest absolute Gasteiger partial charge is 0.162 e. The van der Waals surface area contributed by atoms with E-state index in [1.165, 1.54) is 7.11 Å². The maximum absolute atomic E-state index is 9.94. The molecule has 0 amide bonds. The number of phenols is 1. The molecule has 100 valence electrons. The van der Waals surface area contributed by atoms with E-state index in [4.69, 9.17) is 16.3 Å². The van der Waals surface area contributed by atoms with Crippen LogP contribution in [-0.2, 0) is 6.54 Å². The van der Waals surface area contributed by atoms with E-state index >= 15 is 0 Å². The van der Waals surface area contributed by atoms with Crippen LogP contribution in [0.25, 0.3) is 0 Å². The van der Waals surface area contributed by atoms with Crippen LogP contribution in [0.4, 0.5) is 0 Å². The van der Waals surface area contributed by atoms with Crippen LogP contribution in [0.15, 0.2) is 12.1 Å². The van der Waals surface area contributed by atoms with E-state index in [0.29, 0.717) is 22.9 Å². The Labute approximate surface area is 112 Å². The van der Waals surface area contributed by atoms with Crippen molar-refractivity contribution in [2.75, 3.05) is 20.3 Å². The molecule has 3 N–H and O–H groups in total. The van der Waals surface area contributed by atoms with Crippen molar-refractivity contribution < 1.29 is 14.9 Å². The molecule has 0 unspecified atom stereocenters. The SMILES string of the molecule is COc1cc(Cl)cc(CNCC2(CO)CC2)c1O. The van der Waals surface area contributed by atoms with Crippen molar-refractivity contribution in [2.24, 2.45) is 5.41 Å². The monoisotopic (exact) mass is 271 g/mol. The molecule has 1 fully saturated rings. The Bertz CT molecular complexity index is 432. The van der Waals surface area contributed by atoms with Crippen LogP contribution in [0.2, 0.25) is 5.02 Å². The first-order valence-electron chi connectivity index (χ1n) is 5.97. The Kier molecular flexibility index (Phi) is 4.00. The summed E-state index contributed by atoms with van der Waals surface area (Å²) in [5, 5.41) is 22.9. The van der Waals surface area contributed by atoms with Crippen LogP contribution in [0.5, 0.6) is 11.5 Å². The van der Waals surface area contributed by atoms with Gasteiger partial charge in [-0.2, -0.15) is 0 Å². The van der Waals surface area contributed by atoms with Crippen LogP contribution >= 0.6 is 11.6 Å². The Balaban J connectivity index is 1.98. The number of aliphatic hydroxyl groups excluding tert-OH is 1. The van der Waals surface area contributed by atoms with Crippen molar-refractivity contribution in [2.45, 2.75) is 19.4 Å². The minimum Gasteiger partial charge on any atom is -0.504 e. The van der Waals surface area contributed by atoms with Crippen molar-refractivity contribution in [3.8, 4) is 11.5 Å². The fraction of sp³-hybridized carbons (Fsp3) is 0.538. The van der Waals surface area contributed by atoms with Gasteiger partial charge < -0.3 is 20.3 Å². The highest BCUT2D eigenvalue weighted by Gasteiger charge is 2.41. The zero-order valence-electron chi connectivity index (χ0n) is 10.4. The fourth-order valence-electron chi connectivity index (χ4n) is 1.95. The number of hydrogen-bond donors (Lipinski definition) is 3. The maximum Gasteiger partial charge on any atom is 0.162 e. The van der Waals surface area contributed by atoms with Crippen LogP contribution in [0, 0.1) is 5.41 Å². The summed E-state index contributed by atoms with van der Waals surface area (Å²) in [4.78, 5) is 0. The molecule has 0 aliphatic heterocycles. The van der Waals surface area contributed by atoms with Gasteiger partial charge in [-0.15, -0.1) is 0 Å². The predicted molar refractivity (Wildman–Crippen MR) is 70.1 cm³/mol. The number of halogens is 1. The summed E-state index contributed by atoms with van der Waals surface area (Å²) in [5.41, 5.74) is 0.756. The first kappa shape index (κ1) is 13.5. The number of nitrogens with one attached hydrogen (secondary N) is 1. The van der Waals surface area contributed by atoms with E-state index in [1.54, 1.807) is 12.1 Å². The van der Waals surface area contributed by atoms with Crippen molar-refractivity contribution in [3.63, 3.8) is 0 Å². The number of aliphatic hydroxyl groups is 1. The molecule has 0 radical (unpaired) electrons. The summed E-state index contributed by atoms with van der Waals surface area (Å²) in [5.74, 6) is 0.492. The summed E-state index contributed by atoms with van der Waals surface area (Å²) in [6.07, 6.45) is 2.11. The molecule has 1 aliphatic rings. The number of benzene rings is 1. The number of ether oxygens (including phenoxy) is 1. The molecule has 18 heavy (non-hydrogen) atoms. The van der Waals surface area contributed by atoms with Crippen molar-refractivity contribution in [3.05, 3.63) is 22.7 Å². The number of phenolic OH excluding ortho intramolecular Hbond substituents is 1. The summed E-state index contributed by atoms with van der Waals surface area (Å²) < 4.78 is 5.05. The van der Waals surface area contributed by atoms with Crippen LogP contribution in [0.3, 0.4) is 0 Å². The van der Waals surface area contributed by atoms with Gasteiger partial charge in [-0.25, -0.2) is 0 Å². The van der Waals surface area contributed by atoms with Gasteiger partial charge in [0.25, 0.3) is 0 Å². The number of hydrogen-bond acceptors (Lipinski definition) is 4. The van der Waals surface area contributed by atoms with Crippen LogP contribution < -0.4 is 10.1 Å². The van der Waals surface area contributed by atoms with E-state index in [9.17, 15) is 10.2 Å². The molecular formula is C13H18ClNO3. The lowest BCUT2D eigenvalue weighted by atomic mass is 10.1. The summed E-state index contributed by atoms with van der Waals surface area (Å²) in [6, 6.07) is 3.29. The van der Waals surface area contributed by atoms with Gasteiger partial charge in [0, 0.05) is 41.8 Å². The average Bonchev–Trinajstić information content (AvgIpc) is 3.13. The molecule has 0 atom stereocenters. The minimum atomic E-state index is 0.0538. The van der Waals surface area contributed by atoms with E-state index < -0.39 is 0 Å². The molecule has 0 heterocycles. The van der Waals surface area contributed by atoms with Gasteiger partial charge in [0.2, 0.25) is 0 Å². The second kappa shape index (κ2) is 5.34. The zero-order chi connectivity index (χ0) is 13.2. The van der Waals surface area contributed by atoms with Gasteiger partial charge >= 0.3 is 0 Å². The summed E-state index contributed by atoms with van der Waals surface area (Å²) in [6.45, 7) is 1.47. The number of aromatic hydroxyl groups is 1. The van der Waals surface area contributed by atoms with E-state index in [2.05, 4.69) is 5.32 Å². The third kappa shape index (κ3) is 2.88. The maximum atomic E-state index is 9.94. The van der Waals surface area contributed by atoms with Gasteiger partial charge in [0.05, 0.1) is 7.11 Å². The van der Waals surface area contributed by atoms with Crippen molar-refractivity contribution in [1.82, 2.24) is 5.32 Å². The highest BCUT2D eigenvalue weighted by Crippen LogP contribution is 2.44. The minimum absolute atomic E-state index is 0.0538. The molecule has 0 bridgehead atoms. The Hall–Kier alpha value is -0.970. The van der Waals surface area contributed by atoms with E-state index in [1.807, 2.05) is 0 Å². The standard InChI is InChI=1S/C13H18ClNO3/c1-18-11-5-10(14)4-9(12(11)17)6-15-7-13(8-16)2-3-13/h4-5,15-17H,2-3,6-8H2,1H3. The van der Waals surface area contributed by atoms with E-state index in [0.717, 1.165) is 19.4 Å². The molecule has 0 aromatic heterocycles. The summed E-state index contributed by atoms with van der Waals surface area (Å²) >= 11 is 5.95. The fourth-order valence-corrected chi connectivity index (χ4v) is 2.18. The second-order valence-corrected chi connectivity index (χ2v) is 5.31. The quantitative estimate of drug-likeness (QED) is 0.740. The predicted octanol–water partition coefficient (Wildman–Crippen LogP) is 1.92. The molecule has 5 heteroatoms. The molecule has 2 rings (SSSR count). The first-order chi connectivity index (χ1) is 8.60. The van der Waals surface area contributed by atoms with Crippen molar-refractivity contribution in [1.29, 1.82) is 0 Å². The Morgan fingerprint density at radius 1 is 1.44 bits per heavy atom. The molecular weight excluding hydrogens is 254 g/mol. The number of methoxy groups -OCH3 is 1. The Morgan fingerprint density at radius 2 is 2.17 bits per heavy atom. The highest BCUT2D eigenvalue weighted by atomic mass is 35.5. The zero-order valence-corrected chi connectivity index (χ0v) is 11.1. The normalized spacial score (nSPS) is 16.6. The van der Waals surface area contributed by atoms with Gasteiger partial charge in [0.15, 0.2) is 11.5 Å². The van der Waals surface area contributed by atoms with Gasteiger partial charge in [-0.3, -0.25) is 0 Å². The van der Waals surface area contributed by atoms with Crippen LogP contribution in [-0.4, -0.2) is 30.5 Å². The molecule has 1 saturated carbocycles. The lowest BCUT2D eigenvalue weighted by Gasteiger charge is -2.14. The molecule has 0 spiro atoms. The third-order valence-corrected chi connectivity index (χ3v) is 3.66. The van der Waals surface area contributed by atoms with Gasteiger partial charge in [-0.05, 0) is 18.9 Å². The lowest BCUT2D eigenvalue weighted by Crippen LogP contribution is -2.26. The van der Waals surface area contributed by atoms with E-state index in [-0.39, 0.29) is 17.8 Å². The molecule has 0 saturated heterocycles. The molecule has 1 aliphatic carbocycles. The molecule has 4 nitrogen and oxygen atoms in total. The largest absolute Gasteiger partial charge is 0.504 e. The lowest BCUT2D eigenvalue weighted by molar-refractivity contribution is 0.207.